The molecule has 0 spiro atoms. The van der Waals surface area contributed by atoms with Crippen molar-refractivity contribution in [2.24, 2.45) is 5.16 Å². The molecule has 0 fully saturated rings. The number of aromatic amines is 1. The third-order valence-electron chi connectivity index (χ3n) is 2.93. The van der Waals surface area contributed by atoms with Crippen LogP contribution in [0.2, 0.25) is 0 Å². The van der Waals surface area contributed by atoms with Crippen LogP contribution in [0.25, 0.3) is 6.08 Å². The molecule has 0 bridgehead atoms. The van der Waals surface area contributed by atoms with Gasteiger partial charge in [0.2, 0.25) is 0 Å². The summed E-state index contributed by atoms with van der Waals surface area (Å²) in [6.07, 6.45) is 1.80. The van der Waals surface area contributed by atoms with E-state index in [1.807, 2.05) is 37.4 Å². The molecule has 1 aliphatic rings. The molecule has 0 saturated heterocycles. The monoisotopic (exact) mass is 272 g/mol. The van der Waals surface area contributed by atoms with Gasteiger partial charge in [0.05, 0.1) is 10.5 Å². The van der Waals surface area contributed by atoms with Gasteiger partial charge in [-0.05, 0) is 43.0 Å². The largest absolute Gasteiger partial charge is 0.368 e. The number of carbonyl (C=O) groups excluding carboxylic acids is 1. The van der Waals surface area contributed by atoms with E-state index in [1.54, 1.807) is 6.08 Å². The Labute approximate surface area is 114 Å². The van der Waals surface area contributed by atoms with E-state index in [1.165, 1.54) is 11.3 Å². The minimum absolute atomic E-state index is 0.407. The average Bonchev–Trinajstić information content (AvgIpc) is 3.04. The molecule has 3 rings (SSSR count). The molecule has 0 aromatic carbocycles. The fourth-order valence-corrected chi connectivity index (χ4v) is 2.76. The van der Waals surface area contributed by atoms with Crippen molar-refractivity contribution in [1.82, 2.24) is 4.98 Å². The molecule has 0 saturated carbocycles. The second-order valence-corrected chi connectivity index (χ2v) is 5.35. The number of oxime groups is 1. The van der Waals surface area contributed by atoms with Gasteiger partial charge in [0.25, 0.3) is 0 Å². The van der Waals surface area contributed by atoms with Crippen molar-refractivity contribution in [2.45, 2.75) is 13.8 Å². The van der Waals surface area contributed by atoms with Gasteiger partial charge in [-0.2, -0.15) is 0 Å². The Balaban J connectivity index is 2.05. The number of aryl methyl sites for hydroxylation is 2. The second kappa shape index (κ2) is 4.51. The van der Waals surface area contributed by atoms with Crippen LogP contribution >= 0.6 is 11.3 Å². The smallest absolute Gasteiger partial charge is 0.359 e. The van der Waals surface area contributed by atoms with E-state index in [2.05, 4.69) is 10.1 Å². The number of hydrogen-bond acceptors (Lipinski definition) is 4. The fraction of sp³-hybridized carbons (Fsp3) is 0.143. The summed E-state index contributed by atoms with van der Waals surface area (Å²) in [5.41, 5.74) is 4.16. The lowest BCUT2D eigenvalue weighted by atomic mass is 10.1. The molecular formula is C14H12N2O2S. The molecule has 1 aliphatic heterocycles. The first-order chi connectivity index (χ1) is 9.15. The van der Waals surface area contributed by atoms with E-state index < -0.39 is 5.97 Å². The molecule has 1 N–H and O–H groups in total. The second-order valence-electron chi connectivity index (χ2n) is 4.40. The number of H-pyrrole nitrogens is 1. The van der Waals surface area contributed by atoms with Crippen molar-refractivity contribution in [3.05, 3.63) is 51.0 Å². The molecule has 0 atom stereocenters. The van der Waals surface area contributed by atoms with Gasteiger partial charge in [-0.25, -0.2) is 4.79 Å². The number of nitrogens with one attached hydrogen (secondary N) is 1. The maximum absolute atomic E-state index is 11.8. The zero-order chi connectivity index (χ0) is 13.4. The Kier molecular flexibility index (Phi) is 2.83. The third kappa shape index (κ3) is 2.13. The van der Waals surface area contributed by atoms with Gasteiger partial charge in [0.1, 0.15) is 5.71 Å². The fourth-order valence-electron chi connectivity index (χ4n) is 2.04. The standard InChI is InChI=1S/C14H12N2O2S/c1-8-6-9(2)15-11(8)7-10-13(16-18-14(10)17)12-4-3-5-19-12/h3-7,15H,1-2H3/b10-7-. The minimum atomic E-state index is -0.407. The highest BCUT2D eigenvalue weighted by Crippen LogP contribution is 2.24. The summed E-state index contributed by atoms with van der Waals surface area (Å²) < 4.78 is 0. The molecule has 3 heterocycles. The van der Waals surface area contributed by atoms with E-state index >= 15 is 0 Å². The number of rotatable bonds is 2. The normalized spacial score (nSPS) is 16.8. The maximum Gasteiger partial charge on any atom is 0.368 e. The summed E-state index contributed by atoms with van der Waals surface area (Å²) in [6, 6.07) is 5.88. The first-order valence-electron chi connectivity index (χ1n) is 5.86. The van der Waals surface area contributed by atoms with Crippen molar-refractivity contribution < 1.29 is 9.63 Å². The quantitative estimate of drug-likeness (QED) is 0.675. The highest BCUT2D eigenvalue weighted by atomic mass is 32.1. The Hall–Kier alpha value is -2.14. The average molecular weight is 272 g/mol. The van der Waals surface area contributed by atoms with Crippen molar-refractivity contribution in [3.8, 4) is 0 Å². The van der Waals surface area contributed by atoms with Crippen LogP contribution in [0.5, 0.6) is 0 Å². The maximum atomic E-state index is 11.8. The molecule has 96 valence electrons. The summed E-state index contributed by atoms with van der Waals surface area (Å²) in [5.74, 6) is -0.407. The van der Waals surface area contributed by atoms with Gasteiger partial charge in [-0.3, -0.25) is 0 Å². The van der Waals surface area contributed by atoms with E-state index in [0.717, 1.165) is 21.8 Å². The van der Waals surface area contributed by atoms with Crippen LogP contribution in [0, 0.1) is 13.8 Å². The number of thiophene rings is 1. The molecule has 5 heteroatoms. The first kappa shape index (κ1) is 11.9. The van der Waals surface area contributed by atoms with E-state index in [4.69, 9.17) is 4.84 Å². The van der Waals surface area contributed by atoms with Gasteiger partial charge in [-0.1, -0.05) is 11.2 Å². The molecular weight excluding hydrogens is 260 g/mol. The number of hydrogen-bond donors (Lipinski definition) is 1. The SMILES string of the molecule is Cc1cc(C)c(/C=C2\C(=O)ON=C2c2cccs2)[nH]1. The van der Waals surface area contributed by atoms with E-state index in [0.29, 0.717) is 11.3 Å². The summed E-state index contributed by atoms with van der Waals surface area (Å²) in [7, 11) is 0. The van der Waals surface area contributed by atoms with Crippen LogP contribution in [0.1, 0.15) is 21.8 Å². The van der Waals surface area contributed by atoms with Crippen molar-refractivity contribution in [2.75, 3.05) is 0 Å². The van der Waals surface area contributed by atoms with Crippen molar-refractivity contribution >= 4 is 29.1 Å². The zero-order valence-corrected chi connectivity index (χ0v) is 11.4. The Morgan fingerprint density at radius 3 is 2.89 bits per heavy atom. The van der Waals surface area contributed by atoms with Crippen LogP contribution in [-0.2, 0) is 9.63 Å². The first-order valence-corrected chi connectivity index (χ1v) is 6.74. The molecule has 0 unspecified atom stereocenters. The highest BCUT2D eigenvalue weighted by Gasteiger charge is 2.27. The summed E-state index contributed by atoms with van der Waals surface area (Å²) >= 11 is 1.53. The number of carbonyl (C=O) groups is 1. The summed E-state index contributed by atoms with van der Waals surface area (Å²) in [5, 5.41) is 5.82. The van der Waals surface area contributed by atoms with Crippen LogP contribution in [0.15, 0.2) is 34.3 Å². The van der Waals surface area contributed by atoms with Gasteiger partial charge >= 0.3 is 5.97 Å². The summed E-state index contributed by atoms with van der Waals surface area (Å²) in [6.45, 7) is 3.98. The Bertz CT molecular complexity index is 693. The van der Waals surface area contributed by atoms with Crippen LogP contribution < -0.4 is 0 Å². The molecule has 4 nitrogen and oxygen atoms in total. The number of aromatic nitrogens is 1. The minimum Gasteiger partial charge on any atom is -0.359 e. The molecule has 2 aromatic rings. The van der Waals surface area contributed by atoms with Gasteiger partial charge in [0.15, 0.2) is 0 Å². The number of nitrogens with zero attached hydrogens (tertiary/aromatic N) is 1. The van der Waals surface area contributed by atoms with Gasteiger partial charge in [0, 0.05) is 11.4 Å². The topological polar surface area (TPSA) is 54.4 Å². The van der Waals surface area contributed by atoms with Crippen molar-refractivity contribution in [3.63, 3.8) is 0 Å². The molecule has 0 aliphatic carbocycles. The lowest BCUT2D eigenvalue weighted by Crippen LogP contribution is -2.05. The van der Waals surface area contributed by atoms with Gasteiger partial charge in [-0.15, -0.1) is 11.3 Å². The highest BCUT2D eigenvalue weighted by molar-refractivity contribution is 7.12. The van der Waals surface area contributed by atoms with Crippen molar-refractivity contribution in [1.29, 1.82) is 0 Å². The van der Waals surface area contributed by atoms with Crippen LogP contribution in [0.4, 0.5) is 0 Å². The van der Waals surface area contributed by atoms with Crippen LogP contribution in [-0.4, -0.2) is 16.7 Å². The predicted octanol–water partition coefficient (Wildman–Crippen LogP) is 3.04. The lowest BCUT2D eigenvalue weighted by Gasteiger charge is -1.97. The molecule has 0 radical (unpaired) electrons. The lowest BCUT2D eigenvalue weighted by molar-refractivity contribution is -0.136. The predicted molar refractivity (Wildman–Crippen MR) is 75.2 cm³/mol. The zero-order valence-electron chi connectivity index (χ0n) is 10.6. The Morgan fingerprint density at radius 1 is 1.42 bits per heavy atom. The van der Waals surface area contributed by atoms with E-state index in [-0.39, 0.29) is 0 Å². The Morgan fingerprint density at radius 2 is 2.26 bits per heavy atom. The van der Waals surface area contributed by atoms with Gasteiger partial charge < -0.3 is 9.82 Å². The summed E-state index contributed by atoms with van der Waals surface area (Å²) in [4.78, 5) is 20.7. The molecule has 19 heavy (non-hydrogen) atoms. The molecule has 0 amide bonds. The third-order valence-corrected chi connectivity index (χ3v) is 3.80. The van der Waals surface area contributed by atoms with E-state index in [9.17, 15) is 4.79 Å². The molecule has 2 aromatic heterocycles. The van der Waals surface area contributed by atoms with Crippen LogP contribution in [0.3, 0.4) is 0 Å².